The molecule has 0 saturated carbocycles. The van der Waals surface area contributed by atoms with E-state index in [0.29, 0.717) is 0 Å². The van der Waals surface area contributed by atoms with Gasteiger partial charge in [0.15, 0.2) is 0 Å². The first kappa shape index (κ1) is 10.1. The fraction of sp³-hybridized carbons (Fsp3) is 0. The quantitative estimate of drug-likeness (QED) is 0.359. The molecule has 0 rings (SSSR count). The summed E-state index contributed by atoms with van der Waals surface area (Å²) in [5.41, 5.74) is 0. The summed E-state index contributed by atoms with van der Waals surface area (Å²) in [6.07, 6.45) is 0. The molecule has 0 bridgehead atoms. The molecular formula is NaO4Ru. The molecule has 0 heterocycles. The molecule has 0 unspecified atom stereocenters. The van der Waals surface area contributed by atoms with E-state index in [1.54, 1.807) is 0 Å². The van der Waals surface area contributed by atoms with E-state index in [1.165, 1.54) is 0 Å². The van der Waals surface area contributed by atoms with Crippen LogP contribution in [0.15, 0.2) is 0 Å². The molecule has 0 N–H and O–H groups in total. The van der Waals surface area contributed by atoms with Gasteiger partial charge in [0.1, 0.15) is 0 Å². The van der Waals surface area contributed by atoms with E-state index in [0.717, 1.165) is 0 Å². The summed E-state index contributed by atoms with van der Waals surface area (Å²) < 4.78 is 34.4. The molecule has 0 radical (unpaired) electrons. The van der Waals surface area contributed by atoms with Crippen molar-refractivity contribution in [2.45, 2.75) is 0 Å². The molecule has 6 heavy (non-hydrogen) atoms. The van der Waals surface area contributed by atoms with Crippen molar-refractivity contribution in [1.82, 2.24) is 0 Å². The molecular weight excluding hydrogens is 188 g/mol. The van der Waals surface area contributed by atoms with Gasteiger partial charge < -0.3 is 0 Å². The van der Waals surface area contributed by atoms with Gasteiger partial charge >= 0.3 is 59.2 Å². The Labute approximate surface area is 58.8 Å². The molecule has 4 nitrogen and oxygen atoms in total. The van der Waals surface area contributed by atoms with Gasteiger partial charge in [-0.3, -0.25) is 0 Å². The van der Waals surface area contributed by atoms with E-state index in [2.05, 4.69) is 0 Å². The molecule has 6 heteroatoms. The average Bonchev–Trinajstić information content (AvgIpc) is 0.722. The minimum absolute atomic E-state index is 0. The summed E-state index contributed by atoms with van der Waals surface area (Å²) in [6.45, 7) is 0. The van der Waals surface area contributed by atoms with Crippen LogP contribution in [0.25, 0.3) is 0 Å². The van der Waals surface area contributed by atoms with Crippen molar-refractivity contribution in [2.75, 3.05) is 0 Å². The van der Waals surface area contributed by atoms with E-state index in [4.69, 9.17) is 14.7 Å². The van der Waals surface area contributed by atoms with Gasteiger partial charge in [-0.1, -0.05) is 0 Å². The van der Waals surface area contributed by atoms with Crippen LogP contribution < -0.4 is 33.5 Å². The molecule has 0 fully saturated rings. The Morgan fingerprint density at radius 1 is 1.17 bits per heavy atom. The normalized spacial score (nSPS) is 9.50. The van der Waals surface area contributed by atoms with Gasteiger partial charge in [0, 0.05) is 0 Å². The zero-order chi connectivity index (χ0) is 4.50. The summed E-state index contributed by atoms with van der Waals surface area (Å²) >= 11 is -5.86. The molecule has 0 atom stereocenters. The van der Waals surface area contributed by atoms with Crippen molar-refractivity contribution in [1.29, 1.82) is 0 Å². The van der Waals surface area contributed by atoms with Crippen LogP contribution in [0, 0.1) is 0 Å². The second-order valence-electron chi connectivity index (χ2n) is 0.354. The zero-order valence-electron chi connectivity index (χ0n) is 2.99. The van der Waals surface area contributed by atoms with Crippen LogP contribution in [0.3, 0.4) is 0 Å². The molecule has 0 aromatic carbocycles. The molecule has 0 aliphatic heterocycles. The number of rotatable bonds is 0. The molecule has 0 amide bonds. The van der Waals surface area contributed by atoms with Crippen LogP contribution in [0.1, 0.15) is 0 Å². The van der Waals surface area contributed by atoms with Crippen LogP contribution in [0.2, 0.25) is 0 Å². The van der Waals surface area contributed by atoms with Gasteiger partial charge in [0.05, 0.1) is 0 Å². The first-order valence-electron chi connectivity index (χ1n) is 0.577. The summed E-state index contributed by atoms with van der Waals surface area (Å²) in [6, 6.07) is 0. The summed E-state index contributed by atoms with van der Waals surface area (Å²) in [5.74, 6) is 0. The van der Waals surface area contributed by atoms with Crippen molar-refractivity contribution in [2.24, 2.45) is 0 Å². The van der Waals surface area contributed by atoms with Gasteiger partial charge in [-0.05, 0) is 0 Å². The van der Waals surface area contributed by atoms with Crippen molar-refractivity contribution in [3.8, 4) is 0 Å². The number of hydrogen-bond donors (Lipinski definition) is 0. The SMILES string of the molecule is [Na+].[O]=[Ru](=[O])(=[O])[O-]. The average molecular weight is 188 g/mol. The molecule has 0 saturated heterocycles. The maximum absolute atomic E-state index is 8.61. The van der Waals surface area contributed by atoms with Crippen molar-refractivity contribution in [3.05, 3.63) is 0 Å². The predicted octanol–water partition coefficient (Wildman–Crippen LogP) is -4.54. The van der Waals surface area contributed by atoms with Crippen LogP contribution in [0.5, 0.6) is 0 Å². The Kier molecular flexibility index (Phi) is 5.11. The summed E-state index contributed by atoms with van der Waals surface area (Å²) in [4.78, 5) is 0. The molecule has 0 aromatic heterocycles. The van der Waals surface area contributed by atoms with Gasteiger partial charge in [-0.15, -0.1) is 0 Å². The van der Waals surface area contributed by atoms with Crippen LogP contribution >= 0.6 is 0 Å². The van der Waals surface area contributed by atoms with Gasteiger partial charge in [0.25, 0.3) is 0 Å². The fourth-order valence-corrected chi connectivity index (χ4v) is 0. The van der Waals surface area contributed by atoms with Gasteiger partial charge in [0.2, 0.25) is 0 Å². The van der Waals surface area contributed by atoms with E-state index >= 15 is 0 Å². The second-order valence-corrected chi connectivity index (χ2v) is 2.09. The van der Waals surface area contributed by atoms with Crippen LogP contribution in [-0.4, -0.2) is 0 Å². The van der Waals surface area contributed by atoms with E-state index in [1.807, 2.05) is 0 Å². The van der Waals surface area contributed by atoms with E-state index in [-0.39, 0.29) is 29.6 Å². The first-order chi connectivity index (χ1) is 2.00. The van der Waals surface area contributed by atoms with Crippen molar-refractivity contribution >= 4 is 0 Å². The fourth-order valence-electron chi connectivity index (χ4n) is 0. The third kappa shape index (κ3) is 81.8. The Morgan fingerprint density at radius 3 is 1.17 bits per heavy atom. The van der Waals surface area contributed by atoms with E-state index in [9.17, 15) is 0 Å². The Bertz CT molecular complexity index is 129. The summed E-state index contributed by atoms with van der Waals surface area (Å²) in [5, 5.41) is 0. The predicted molar refractivity (Wildman–Crippen MR) is 2.06 cm³/mol. The monoisotopic (exact) mass is 189 g/mol. The third-order valence-electron chi connectivity index (χ3n) is 0. The number of hydrogen-bond acceptors (Lipinski definition) is 4. The zero-order valence-corrected chi connectivity index (χ0v) is 6.72. The summed E-state index contributed by atoms with van der Waals surface area (Å²) in [7, 11) is 0. The Balaban J connectivity index is 0. The van der Waals surface area contributed by atoms with Gasteiger partial charge in [-0.2, -0.15) is 0 Å². The molecule has 0 aliphatic rings. The third-order valence-corrected chi connectivity index (χ3v) is 0. The first-order valence-corrected chi connectivity index (χ1v) is 3.42. The standard InChI is InChI=1S/Na.4O.Ru/q+1;;;;-1;. The molecule has 0 aliphatic carbocycles. The van der Waals surface area contributed by atoms with Crippen LogP contribution in [-0.2, 0) is 25.7 Å². The van der Waals surface area contributed by atoms with E-state index < -0.39 is 15.0 Å². The van der Waals surface area contributed by atoms with Crippen LogP contribution in [0.4, 0.5) is 0 Å². The Morgan fingerprint density at radius 2 is 1.17 bits per heavy atom. The second kappa shape index (κ2) is 3.05. The van der Waals surface area contributed by atoms with Crippen molar-refractivity contribution in [3.63, 3.8) is 0 Å². The topological polar surface area (TPSA) is 74.3 Å². The Hall–Kier alpha value is 0.983. The molecule has 33 valence electrons. The van der Waals surface area contributed by atoms with Crippen molar-refractivity contribution < 1.29 is 59.2 Å². The van der Waals surface area contributed by atoms with Gasteiger partial charge in [-0.25, -0.2) is 0 Å². The molecule has 0 aromatic rings. The maximum atomic E-state index is 8.61. The molecule has 0 spiro atoms. The minimum atomic E-state index is -5.86.